The van der Waals surface area contributed by atoms with E-state index in [1.165, 1.54) is 36.4 Å². The summed E-state index contributed by atoms with van der Waals surface area (Å²) in [5, 5.41) is 27.2. The Morgan fingerprint density at radius 1 is 0.595 bits per heavy atom. The molecule has 0 aliphatic rings. The van der Waals surface area contributed by atoms with Crippen molar-refractivity contribution >= 4 is 46.7 Å². The van der Waals surface area contributed by atoms with E-state index in [-0.39, 0.29) is 23.2 Å². The summed E-state index contributed by atoms with van der Waals surface area (Å²) in [5.74, 6) is -0.662. The molecule has 0 saturated heterocycles. The van der Waals surface area contributed by atoms with Crippen LogP contribution in [0, 0.1) is 34.1 Å². The van der Waals surface area contributed by atoms with Gasteiger partial charge in [-0.2, -0.15) is 0 Å². The van der Waals surface area contributed by atoms with Gasteiger partial charge < -0.3 is 10.6 Å². The number of carbonyl (C=O) groups excluding carboxylic acids is 2. The monoisotopic (exact) mass is 562 g/mol. The highest BCUT2D eigenvalue weighted by Crippen LogP contribution is 2.28. The highest BCUT2D eigenvalue weighted by molar-refractivity contribution is 6.03. The number of amides is 2. The van der Waals surface area contributed by atoms with Crippen LogP contribution in [0.25, 0.3) is 23.3 Å². The molecule has 210 valence electrons. The van der Waals surface area contributed by atoms with E-state index in [0.717, 1.165) is 22.3 Å². The zero-order valence-corrected chi connectivity index (χ0v) is 22.7. The van der Waals surface area contributed by atoms with Crippen LogP contribution >= 0.6 is 0 Å². The van der Waals surface area contributed by atoms with Crippen LogP contribution in [0.3, 0.4) is 0 Å². The summed E-state index contributed by atoms with van der Waals surface area (Å²) in [5.41, 5.74) is 6.18. The second kappa shape index (κ2) is 13.0. The predicted octanol–water partition coefficient (Wildman–Crippen LogP) is 7.09. The Balaban J connectivity index is 1.37. The van der Waals surface area contributed by atoms with Crippen LogP contribution in [0.1, 0.15) is 22.3 Å². The summed E-state index contributed by atoms with van der Waals surface area (Å²) in [6, 6.07) is 23.1. The molecule has 2 amide bonds. The molecule has 0 aliphatic heterocycles. The van der Waals surface area contributed by atoms with Crippen LogP contribution in [0.2, 0.25) is 0 Å². The SMILES string of the molecule is Cc1cc(-c2ccc(NC(=O)/C=C/c3ccc([N+](=O)[O-])cc3)c(C)c2)ccc1NC(=O)/C=C/c1ccc([N+](=O)[O-])cc1. The first-order valence-electron chi connectivity index (χ1n) is 12.8. The summed E-state index contributed by atoms with van der Waals surface area (Å²) < 4.78 is 0. The molecule has 4 aromatic rings. The molecule has 2 N–H and O–H groups in total. The number of rotatable bonds is 9. The lowest BCUT2D eigenvalue weighted by Gasteiger charge is -2.12. The fourth-order valence-corrected chi connectivity index (χ4v) is 4.07. The minimum absolute atomic E-state index is 0.0177. The molecule has 10 heteroatoms. The van der Waals surface area contributed by atoms with Gasteiger partial charge in [-0.3, -0.25) is 29.8 Å². The Morgan fingerprint density at radius 2 is 0.952 bits per heavy atom. The van der Waals surface area contributed by atoms with E-state index in [4.69, 9.17) is 0 Å². The molecular weight excluding hydrogens is 536 g/mol. The van der Waals surface area contributed by atoms with E-state index >= 15 is 0 Å². The Kier molecular flexibility index (Phi) is 8.98. The zero-order chi connectivity index (χ0) is 30.2. The average molecular weight is 563 g/mol. The van der Waals surface area contributed by atoms with Crippen molar-refractivity contribution in [2.24, 2.45) is 0 Å². The van der Waals surface area contributed by atoms with Crippen molar-refractivity contribution in [3.05, 3.63) is 140 Å². The van der Waals surface area contributed by atoms with Gasteiger partial charge in [-0.05, 0) is 108 Å². The summed E-state index contributed by atoms with van der Waals surface area (Å²) in [6.07, 6.45) is 5.90. The van der Waals surface area contributed by atoms with Crippen LogP contribution in [-0.2, 0) is 9.59 Å². The van der Waals surface area contributed by atoms with Crippen molar-refractivity contribution in [2.45, 2.75) is 13.8 Å². The second-order valence-electron chi connectivity index (χ2n) is 9.40. The molecule has 0 saturated carbocycles. The van der Waals surface area contributed by atoms with Gasteiger partial charge in [0.25, 0.3) is 11.4 Å². The maximum absolute atomic E-state index is 12.4. The van der Waals surface area contributed by atoms with E-state index in [0.29, 0.717) is 22.5 Å². The largest absolute Gasteiger partial charge is 0.322 e. The van der Waals surface area contributed by atoms with Crippen molar-refractivity contribution in [1.82, 2.24) is 0 Å². The predicted molar refractivity (Wildman–Crippen MR) is 163 cm³/mol. The number of nitrogens with zero attached hydrogens (tertiary/aromatic N) is 2. The summed E-state index contributed by atoms with van der Waals surface area (Å²) in [7, 11) is 0. The summed E-state index contributed by atoms with van der Waals surface area (Å²) in [4.78, 5) is 45.5. The fourth-order valence-electron chi connectivity index (χ4n) is 4.07. The molecule has 0 heterocycles. The first-order valence-corrected chi connectivity index (χ1v) is 12.8. The zero-order valence-electron chi connectivity index (χ0n) is 22.7. The lowest BCUT2D eigenvalue weighted by Crippen LogP contribution is -2.09. The van der Waals surface area contributed by atoms with Crippen LogP contribution < -0.4 is 10.6 Å². The quantitative estimate of drug-likeness (QED) is 0.127. The van der Waals surface area contributed by atoms with Crippen molar-refractivity contribution in [3.63, 3.8) is 0 Å². The van der Waals surface area contributed by atoms with Crippen LogP contribution in [0.4, 0.5) is 22.7 Å². The maximum Gasteiger partial charge on any atom is 0.269 e. The number of hydrogen-bond donors (Lipinski definition) is 2. The number of nitro groups is 2. The molecule has 4 aromatic carbocycles. The normalized spacial score (nSPS) is 11.0. The number of non-ortho nitro benzene ring substituents is 2. The molecule has 42 heavy (non-hydrogen) atoms. The summed E-state index contributed by atoms with van der Waals surface area (Å²) in [6.45, 7) is 3.77. The van der Waals surface area contributed by atoms with E-state index in [9.17, 15) is 29.8 Å². The third-order valence-corrected chi connectivity index (χ3v) is 6.36. The Hall–Kier alpha value is -5.90. The molecule has 10 nitrogen and oxygen atoms in total. The van der Waals surface area contributed by atoms with Gasteiger partial charge in [-0.15, -0.1) is 0 Å². The molecular formula is C32H26N4O6. The van der Waals surface area contributed by atoms with Gasteiger partial charge in [0.1, 0.15) is 0 Å². The lowest BCUT2D eigenvalue weighted by atomic mass is 10.00. The third-order valence-electron chi connectivity index (χ3n) is 6.36. The Labute approximate surface area is 241 Å². The number of nitrogens with one attached hydrogen (secondary N) is 2. The van der Waals surface area contributed by atoms with Crippen molar-refractivity contribution in [1.29, 1.82) is 0 Å². The lowest BCUT2D eigenvalue weighted by molar-refractivity contribution is -0.385. The first-order chi connectivity index (χ1) is 20.1. The molecule has 0 fully saturated rings. The number of benzene rings is 4. The number of hydrogen-bond acceptors (Lipinski definition) is 6. The van der Waals surface area contributed by atoms with Gasteiger partial charge in [0.2, 0.25) is 11.8 Å². The molecule has 0 unspecified atom stereocenters. The van der Waals surface area contributed by atoms with Gasteiger partial charge >= 0.3 is 0 Å². The van der Waals surface area contributed by atoms with E-state index in [2.05, 4.69) is 10.6 Å². The van der Waals surface area contributed by atoms with Crippen molar-refractivity contribution in [3.8, 4) is 11.1 Å². The molecule has 0 bridgehead atoms. The first kappa shape index (κ1) is 29.1. The number of nitro benzene ring substituents is 2. The smallest absolute Gasteiger partial charge is 0.269 e. The molecule has 0 radical (unpaired) electrons. The van der Waals surface area contributed by atoms with Gasteiger partial charge in [-0.25, -0.2) is 0 Å². The summed E-state index contributed by atoms with van der Waals surface area (Å²) >= 11 is 0. The molecule has 4 rings (SSSR count). The molecule has 0 atom stereocenters. The van der Waals surface area contributed by atoms with E-state index < -0.39 is 9.85 Å². The molecule has 0 aromatic heterocycles. The standard InChI is InChI=1S/C32H26N4O6/c1-21-19-25(9-15-29(21)33-31(37)17-7-23-3-11-27(12-4-23)35(39)40)26-10-16-30(22(2)20-26)34-32(38)18-8-24-5-13-28(14-6-24)36(41)42/h3-20H,1-2H3,(H,33,37)(H,34,38)/b17-7+,18-8+. The average Bonchev–Trinajstić information content (AvgIpc) is 2.97. The van der Waals surface area contributed by atoms with Gasteiger partial charge in [-0.1, -0.05) is 12.1 Å². The van der Waals surface area contributed by atoms with Crippen LogP contribution in [0.15, 0.2) is 97.1 Å². The highest BCUT2D eigenvalue weighted by Gasteiger charge is 2.09. The highest BCUT2D eigenvalue weighted by atomic mass is 16.6. The minimum Gasteiger partial charge on any atom is -0.322 e. The van der Waals surface area contributed by atoms with Crippen molar-refractivity contribution < 1.29 is 19.4 Å². The number of anilines is 2. The van der Waals surface area contributed by atoms with Crippen LogP contribution in [-0.4, -0.2) is 21.7 Å². The van der Waals surface area contributed by atoms with Crippen LogP contribution in [0.5, 0.6) is 0 Å². The second-order valence-corrected chi connectivity index (χ2v) is 9.40. The van der Waals surface area contributed by atoms with Crippen molar-refractivity contribution in [2.75, 3.05) is 10.6 Å². The van der Waals surface area contributed by atoms with Gasteiger partial charge in [0, 0.05) is 47.8 Å². The van der Waals surface area contributed by atoms with Gasteiger partial charge in [0.15, 0.2) is 0 Å². The van der Waals surface area contributed by atoms with E-state index in [1.807, 2.05) is 50.2 Å². The minimum atomic E-state index is -0.479. The maximum atomic E-state index is 12.4. The molecule has 0 spiro atoms. The topological polar surface area (TPSA) is 144 Å². The third kappa shape index (κ3) is 7.60. The number of aryl methyl sites for hydroxylation is 2. The number of carbonyl (C=O) groups is 2. The van der Waals surface area contributed by atoms with Gasteiger partial charge in [0.05, 0.1) is 9.85 Å². The van der Waals surface area contributed by atoms with E-state index in [1.54, 1.807) is 36.4 Å². The Morgan fingerprint density at radius 3 is 1.26 bits per heavy atom. The molecule has 0 aliphatic carbocycles. The Bertz CT molecular complexity index is 1600. The fraction of sp³-hybridized carbons (Fsp3) is 0.0625.